The molecular formula is C15H24N4. The van der Waals surface area contributed by atoms with Gasteiger partial charge >= 0.3 is 0 Å². The quantitative estimate of drug-likeness (QED) is 0.825. The van der Waals surface area contributed by atoms with Crippen LogP contribution in [0.4, 0.5) is 5.95 Å². The van der Waals surface area contributed by atoms with Gasteiger partial charge < -0.3 is 10.2 Å². The van der Waals surface area contributed by atoms with Gasteiger partial charge in [0.15, 0.2) is 0 Å². The molecule has 3 rings (SSSR count). The fraction of sp³-hybridized carbons (Fsp3) is 0.733. The van der Waals surface area contributed by atoms with E-state index in [2.05, 4.69) is 29.0 Å². The molecule has 2 bridgehead atoms. The predicted molar refractivity (Wildman–Crippen MR) is 77.2 cm³/mol. The Kier molecular flexibility index (Phi) is 3.69. The molecule has 0 aromatic carbocycles. The van der Waals surface area contributed by atoms with Crippen LogP contribution in [0, 0.1) is 12.8 Å². The van der Waals surface area contributed by atoms with E-state index >= 15 is 0 Å². The molecule has 1 aliphatic carbocycles. The smallest absolute Gasteiger partial charge is 0.225 e. The number of piperidine rings is 1. The predicted octanol–water partition coefficient (Wildman–Crippen LogP) is 2.27. The van der Waals surface area contributed by atoms with Gasteiger partial charge in [-0.1, -0.05) is 6.92 Å². The Morgan fingerprint density at radius 1 is 1.42 bits per heavy atom. The molecule has 2 atom stereocenters. The number of hydrogen-bond donors (Lipinski definition) is 1. The summed E-state index contributed by atoms with van der Waals surface area (Å²) in [6.45, 7) is 7.38. The van der Waals surface area contributed by atoms with Crippen molar-refractivity contribution in [3.8, 4) is 0 Å². The summed E-state index contributed by atoms with van der Waals surface area (Å²) < 4.78 is 0. The van der Waals surface area contributed by atoms with E-state index in [-0.39, 0.29) is 0 Å². The highest BCUT2D eigenvalue weighted by Crippen LogP contribution is 2.38. The Hall–Kier alpha value is -1.16. The molecule has 2 heterocycles. The molecule has 2 unspecified atom stereocenters. The summed E-state index contributed by atoms with van der Waals surface area (Å²) in [6.07, 6.45) is 7.25. The molecule has 1 N–H and O–H groups in total. The first kappa shape index (κ1) is 12.9. The Bertz CT molecular complexity index is 446. The number of fused-ring (bicyclic) bond motifs is 2. The van der Waals surface area contributed by atoms with E-state index in [4.69, 9.17) is 4.98 Å². The maximum Gasteiger partial charge on any atom is 0.225 e. The third-order valence-electron chi connectivity index (χ3n) is 4.48. The van der Waals surface area contributed by atoms with E-state index in [1.807, 2.05) is 6.20 Å². The summed E-state index contributed by atoms with van der Waals surface area (Å²) >= 11 is 0. The van der Waals surface area contributed by atoms with Crippen LogP contribution < -0.4 is 10.2 Å². The topological polar surface area (TPSA) is 41.1 Å². The van der Waals surface area contributed by atoms with E-state index in [0.29, 0.717) is 6.04 Å². The maximum atomic E-state index is 4.73. The highest BCUT2D eigenvalue weighted by molar-refractivity contribution is 5.37. The Morgan fingerprint density at radius 2 is 2.32 bits per heavy atom. The number of aryl methyl sites for hydroxylation is 1. The Balaban J connectivity index is 1.69. The molecule has 0 spiro atoms. The molecule has 1 aromatic rings. The molecular weight excluding hydrogens is 236 g/mol. The van der Waals surface area contributed by atoms with Gasteiger partial charge in [0, 0.05) is 36.6 Å². The Morgan fingerprint density at radius 3 is 2.95 bits per heavy atom. The molecule has 4 nitrogen and oxygen atoms in total. The zero-order valence-corrected chi connectivity index (χ0v) is 12.0. The molecule has 19 heavy (non-hydrogen) atoms. The lowest BCUT2D eigenvalue weighted by Gasteiger charge is -2.27. The van der Waals surface area contributed by atoms with Crippen molar-refractivity contribution < 1.29 is 0 Å². The van der Waals surface area contributed by atoms with Gasteiger partial charge in [-0.15, -0.1) is 0 Å². The lowest BCUT2D eigenvalue weighted by Crippen LogP contribution is -2.33. The van der Waals surface area contributed by atoms with Gasteiger partial charge in [0.2, 0.25) is 5.95 Å². The van der Waals surface area contributed by atoms with Crippen LogP contribution in [0.5, 0.6) is 0 Å². The van der Waals surface area contributed by atoms with Crippen molar-refractivity contribution in [1.82, 2.24) is 15.3 Å². The molecule has 4 heteroatoms. The van der Waals surface area contributed by atoms with Gasteiger partial charge in [0.05, 0.1) is 0 Å². The first-order valence-electron chi connectivity index (χ1n) is 7.57. The minimum atomic E-state index is 0.702. The number of nitrogens with one attached hydrogen (secondary N) is 1. The van der Waals surface area contributed by atoms with Crippen LogP contribution in [-0.4, -0.2) is 29.1 Å². The molecule has 0 amide bonds. The number of hydrogen-bond acceptors (Lipinski definition) is 4. The van der Waals surface area contributed by atoms with Crippen LogP contribution in [-0.2, 0) is 6.54 Å². The first-order chi connectivity index (χ1) is 9.28. The van der Waals surface area contributed by atoms with Gasteiger partial charge in [-0.25, -0.2) is 9.97 Å². The van der Waals surface area contributed by atoms with Crippen LogP contribution in [0.3, 0.4) is 0 Å². The van der Waals surface area contributed by atoms with Crippen LogP contribution in [0.15, 0.2) is 6.20 Å². The molecule has 0 radical (unpaired) electrons. The Labute approximate surface area is 115 Å². The second kappa shape index (κ2) is 5.45. The van der Waals surface area contributed by atoms with Crippen molar-refractivity contribution >= 4 is 5.95 Å². The van der Waals surface area contributed by atoms with Gasteiger partial charge in [-0.05, 0) is 45.1 Å². The third kappa shape index (κ3) is 2.59. The van der Waals surface area contributed by atoms with E-state index in [1.54, 1.807) is 0 Å². The normalized spacial score (nSPS) is 25.3. The largest absolute Gasteiger partial charge is 0.338 e. The second-order valence-electron chi connectivity index (χ2n) is 5.94. The van der Waals surface area contributed by atoms with Crippen molar-refractivity contribution in [2.75, 3.05) is 18.0 Å². The lowest BCUT2D eigenvalue weighted by atomic mass is 10.1. The fourth-order valence-corrected chi connectivity index (χ4v) is 3.36. The van der Waals surface area contributed by atoms with E-state index in [9.17, 15) is 0 Å². The highest BCUT2D eigenvalue weighted by Gasteiger charge is 2.38. The molecule has 1 saturated heterocycles. The maximum absolute atomic E-state index is 4.73. The molecule has 2 fully saturated rings. The third-order valence-corrected chi connectivity index (χ3v) is 4.48. The zero-order valence-electron chi connectivity index (χ0n) is 12.0. The average Bonchev–Trinajstić information content (AvgIpc) is 3.03. The van der Waals surface area contributed by atoms with Gasteiger partial charge in [0.1, 0.15) is 0 Å². The van der Waals surface area contributed by atoms with Gasteiger partial charge in [0.25, 0.3) is 0 Å². The first-order valence-corrected chi connectivity index (χ1v) is 7.57. The van der Waals surface area contributed by atoms with E-state index < -0.39 is 0 Å². The van der Waals surface area contributed by atoms with E-state index in [1.165, 1.54) is 24.8 Å². The van der Waals surface area contributed by atoms with Crippen molar-refractivity contribution in [3.05, 3.63) is 17.5 Å². The SMILES string of the molecule is CCCNCc1cnc(N2CC3CCC2C3)nc1C. The van der Waals surface area contributed by atoms with Crippen molar-refractivity contribution in [3.63, 3.8) is 0 Å². The number of rotatable bonds is 5. The minimum absolute atomic E-state index is 0.702. The molecule has 1 saturated carbocycles. The number of nitrogens with zero attached hydrogens (tertiary/aromatic N) is 3. The summed E-state index contributed by atoms with van der Waals surface area (Å²) in [7, 11) is 0. The second-order valence-corrected chi connectivity index (χ2v) is 5.94. The molecule has 2 aliphatic rings. The number of anilines is 1. The van der Waals surface area contributed by atoms with Crippen molar-refractivity contribution in [1.29, 1.82) is 0 Å². The average molecular weight is 260 g/mol. The minimum Gasteiger partial charge on any atom is -0.338 e. The van der Waals surface area contributed by atoms with E-state index in [0.717, 1.165) is 43.6 Å². The summed E-state index contributed by atoms with van der Waals surface area (Å²) in [5.74, 6) is 1.84. The molecule has 104 valence electrons. The highest BCUT2D eigenvalue weighted by atomic mass is 15.3. The summed E-state index contributed by atoms with van der Waals surface area (Å²) in [4.78, 5) is 11.7. The number of aromatic nitrogens is 2. The lowest BCUT2D eigenvalue weighted by molar-refractivity contribution is 0.545. The van der Waals surface area contributed by atoms with Crippen LogP contribution in [0.2, 0.25) is 0 Å². The van der Waals surface area contributed by atoms with Crippen molar-refractivity contribution in [2.24, 2.45) is 5.92 Å². The molecule has 1 aromatic heterocycles. The van der Waals surface area contributed by atoms with Crippen LogP contribution in [0.1, 0.15) is 43.9 Å². The standard InChI is InChI=1S/C15H24N4/c1-3-6-16-8-13-9-17-15(18-11(13)2)19-10-12-4-5-14(19)7-12/h9,12,14,16H,3-8,10H2,1-2H3. The molecule has 1 aliphatic heterocycles. The monoisotopic (exact) mass is 260 g/mol. The summed E-state index contributed by atoms with van der Waals surface area (Å²) in [5, 5.41) is 3.41. The van der Waals surface area contributed by atoms with Gasteiger partial charge in [-0.3, -0.25) is 0 Å². The van der Waals surface area contributed by atoms with Crippen LogP contribution >= 0.6 is 0 Å². The van der Waals surface area contributed by atoms with Gasteiger partial charge in [-0.2, -0.15) is 0 Å². The summed E-state index contributed by atoms with van der Waals surface area (Å²) in [6, 6.07) is 0.702. The van der Waals surface area contributed by atoms with Crippen molar-refractivity contribution in [2.45, 2.75) is 52.1 Å². The van der Waals surface area contributed by atoms with Crippen LogP contribution in [0.25, 0.3) is 0 Å². The summed E-state index contributed by atoms with van der Waals surface area (Å²) in [5.41, 5.74) is 2.35. The fourth-order valence-electron chi connectivity index (χ4n) is 3.36. The zero-order chi connectivity index (χ0) is 13.2.